The van der Waals surface area contributed by atoms with Crippen molar-refractivity contribution in [3.05, 3.63) is 35.4 Å². The van der Waals surface area contributed by atoms with E-state index in [1.165, 1.54) is 5.56 Å². The molecule has 4 nitrogen and oxygen atoms in total. The number of hydrogen-bond acceptors (Lipinski definition) is 3. The van der Waals surface area contributed by atoms with Crippen molar-refractivity contribution in [1.82, 2.24) is 5.32 Å². The fraction of sp³-hybridized carbons (Fsp3) is 0.500. The van der Waals surface area contributed by atoms with Gasteiger partial charge in [0.05, 0.1) is 0 Å². The number of carbonyl (C=O) groups is 2. The lowest BCUT2D eigenvalue weighted by atomic mass is 9.78. The van der Waals surface area contributed by atoms with Crippen LogP contribution in [0, 0.1) is 18.8 Å². The van der Waals surface area contributed by atoms with Gasteiger partial charge in [0.2, 0.25) is 5.91 Å². The van der Waals surface area contributed by atoms with Crippen LogP contribution in [0.5, 0.6) is 0 Å². The molecule has 1 saturated carbocycles. The molecular weight excluding hydrogens is 254 g/mol. The Balaban J connectivity index is 1.93. The summed E-state index contributed by atoms with van der Waals surface area (Å²) in [5.74, 6) is -2.35. The molecule has 1 amide bonds. The second-order valence-corrected chi connectivity index (χ2v) is 5.52. The lowest BCUT2D eigenvalue weighted by molar-refractivity contribution is -0.314. The normalized spacial score (nSPS) is 22.2. The quantitative estimate of drug-likeness (QED) is 0.896. The van der Waals surface area contributed by atoms with Crippen LogP contribution in [0.15, 0.2) is 24.3 Å². The summed E-state index contributed by atoms with van der Waals surface area (Å²) in [6.45, 7) is 2.45. The van der Waals surface area contributed by atoms with E-state index in [2.05, 4.69) is 5.32 Å². The third kappa shape index (κ3) is 3.59. The van der Waals surface area contributed by atoms with Crippen molar-refractivity contribution >= 4 is 11.9 Å². The molecule has 1 aromatic carbocycles. The molecule has 0 aromatic heterocycles. The molecule has 2 atom stereocenters. The zero-order valence-electron chi connectivity index (χ0n) is 11.7. The molecule has 1 N–H and O–H groups in total. The first-order valence-electron chi connectivity index (χ1n) is 7.12. The average Bonchev–Trinajstić information content (AvgIpc) is 2.46. The first kappa shape index (κ1) is 14.6. The number of hydrogen-bond donors (Lipinski definition) is 1. The minimum Gasteiger partial charge on any atom is -0.550 e. The molecule has 0 radical (unpaired) electrons. The lowest BCUT2D eigenvalue weighted by Crippen LogP contribution is -2.44. The lowest BCUT2D eigenvalue weighted by Gasteiger charge is -2.31. The number of benzene rings is 1. The van der Waals surface area contributed by atoms with E-state index in [-0.39, 0.29) is 5.91 Å². The zero-order valence-corrected chi connectivity index (χ0v) is 11.7. The van der Waals surface area contributed by atoms with Crippen LogP contribution in [0.1, 0.15) is 36.8 Å². The van der Waals surface area contributed by atoms with Gasteiger partial charge in [0, 0.05) is 24.3 Å². The van der Waals surface area contributed by atoms with Crippen LogP contribution in [-0.2, 0) is 16.1 Å². The topological polar surface area (TPSA) is 69.2 Å². The number of carboxylic acid groups (broad SMARTS) is 1. The SMILES string of the molecule is Cc1ccc(CNC(=O)[C@@H]2CCCC[C@H]2C(=O)[O-])cc1. The van der Waals surface area contributed by atoms with E-state index in [1.807, 2.05) is 31.2 Å². The largest absolute Gasteiger partial charge is 0.550 e. The summed E-state index contributed by atoms with van der Waals surface area (Å²) in [6.07, 6.45) is 2.95. The van der Waals surface area contributed by atoms with Crippen LogP contribution in [0.2, 0.25) is 0 Å². The predicted molar refractivity (Wildman–Crippen MR) is 73.5 cm³/mol. The van der Waals surface area contributed by atoms with E-state index in [1.54, 1.807) is 0 Å². The van der Waals surface area contributed by atoms with E-state index in [0.717, 1.165) is 18.4 Å². The molecule has 0 spiro atoms. The maximum Gasteiger partial charge on any atom is 0.224 e. The number of aliphatic carboxylic acids is 1. The number of carbonyl (C=O) groups excluding carboxylic acids is 2. The van der Waals surface area contributed by atoms with Crippen LogP contribution in [-0.4, -0.2) is 11.9 Å². The van der Waals surface area contributed by atoms with Gasteiger partial charge >= 0.3 is 0 Å². The summed E-state index contributed by atoms with van der Waals surface area (Å²) < 4.78 is 0. The summed E-state index contributed by atoms with van der Waals surface area (Å²) in [7, 11) is 0. The molecule has 4 heteroatoms. The van der Waals surface area contributed by atoms with Crippen LogP contribution in [0.3, 0.4) is 0 Å². The van der Waals surface area contributed by atoms with Crippen molar-refractivity contribution < 1.29 is 14.7 Å². The maximum atomic E-state index is 12.2. The Kier molecular flexibility index (Phi) is 4.77. The van der Waals surface area contributed by atoms with Crippen LogP contribution < -0.4 is 10.4 Å². The van der Waals surface area contributed by atoms with Gasteiger partial charge in [0.25, 0.3) is 0 Å². The molecular formula is C16H20NO3-. The van der Waals surface area contributed by atoms with Gasteiger partial charge in [-0.25, -0.2) is 0 Å². The van der Waals surface area contributed by atoms with Crippen LogP contribution >= 0.6 is 0 Å². The van der Waals surface area contributed by atoms with Gasteiger partial charge in [-0.2, -0.15) is 0 Å². The van der Waals surface area contributed by atoms with Gasteiger partial charge in [0.15, 0.2) is 0 Å². The Labute approximate surface area is 119 Å². The second-order valence-electron chi connectivity index (χ2n) is 5.52. The highest BCUT2D eigenvalue weighted by atomic mass is 16.4. The van der Waals surface area contributed by atoms with Gasteiger partial charge in [-0.1, -0.05) is 42.7 Å². The third-order valence-corrected chi connectivity index (χ3v) is 3.99. The predicted octanol–water partition coefficient (Wildman–Crippen LogP) is 1.17. The van der Waals surface area contributed by atoms with E-state index in [9.17, 15) is 14.7 Å². The molecule has 0 saturated heterocycles. The highest BCUT2D eigenvalue weighted by molar-refractivity contribution is 5.84. The highest BCUT2D eigenvalue weighted by Gasteiger charge is 2.31. The molecule has 20 heavy (non-hydrogen) atoms. The van der Waals surface area contributed by atoms with Gasteiger partial charge < -0.3 is 15.2 Å². The summed E-state index contributed by atoms with van der Waals surface area (Å²) in [5, 5.41) is 13.9. The summed E-state index contributed by atoms with van der Waals surface area (Å²) in [4.78, 5) is 23.2. The number of nitrogens with one attached hydrogen (secondary N) is 1. The van der Waals surface area contributed by atoms with Crippen molar-refractivity contribution in [1.29, 1.82) is 0 Å². The monoisotopic (exact) mass is 274 g/mol. The van der Waals surface area contributed by atoms with E-state index < -0.39 is 17.8 Å². The first-order valence-corrected chi connectivity index (χ1v) is 7.12. The minimum absolute atomic E-state index is 0.167. The Hall–Kier alpha value is -1.84. The molecule has 0 aliphatic heterocycles. The molecule has 0 heterocycles. The van der Waals surface area contributed by atoms with Gasteiger partial charge in [0.1, 0.15) is 0 Å². The molecule has 1 fully saturated rings. The Morgan fingerprint density at radius 1 is 1.15 bits per heavy atom. The van der Waals surface area contributed by atoms with Crippen molar-refractivity contribution in [2.75, 3.05) is 0 Å². The Morgan fingerprint density at radius 3 is 2.35 bits per heavy atom. The van der Waals surface area contributed by atoms with Crippen molar-refractivity contribution in [3.63, 3.8) is 0 Å². The smallest absolute Gasteiger partial charge is 0.224 e. The fourth-order valence-corrected chi connectivity index (χ4v) is 2.75. The molecule has 1 aliphatic rings. The van der Waals surface area contributed by atoms with Crippen LogP contribution in [0.4, 0.5) is 0 Å². The Morgan fingerprint density at radius 2 is 1.75 bits per heavy atom. The minimum atomic E-state index is -1.10. The first-order chi connectivity index (χ1) is 9.58. The molecule has 2 rings (SSSR count). The number of aryl methyl sites for hydroxylation is 1. The fourth-order valence-electron chi connectivity index (χ4n) is 2.75. The molecule has 0 bridgehead atoms. The summed E-state index contributed by atoms with van der Waals surface area (Å²) in [5.41, 5.74) is 2.19. The van der Waals surface area contributed by atoms with Crippen LogP contribution in [0.25, 0.3) is 0 Å². The summed E-state index contributed by atoms with van der Waals surface area (Å²) in [6, 6.07) is 7.91. The van der Waals surface area contributed by atoms with Crippen molar-refractivity contribution in [3.8, 4) is 0 Å². The standard InChI is InChI=1S/C16H21NO3/c1-11-6-8-12(9-7-11)10-17-15(18)13-4-2-3-5-14(13)16(19)20/h6-9,13-14H,2-5,10H2,1H3,(H,17,18)(H,19,20)/p-1/t13-,14-/m1/s1. The number of amides is 1. The maximum absolute atomic E-state index is 12.2. The Bertz CT molecular complexity index is 481. The highest BCUT2D eigenvalue weighted by Crippen LogP contribution is 2.29. The van der Waals surface area contributed by atoms with E-state index in [0.29, 0.717) is 19.4 Å². The number of carboxylic acids is 1. The molecule has 1 aromatic rings. The van der Waals surface area contributed by atoms with E-state index in [4.69, 9.17) is 0 Å². The van der Waals surface area contributed by atoms with Crippen molar-refractivity contribution in [2.45, 2.75) is 39.2 Å². The second kappa shape index (κ2) is 6.55. The molecule has 1 aliphatic carbocycles. The van der Waals surface area contributed by atoms with Gasteiger partial charge in [-0.15, -0.1) is 0 Å². The zero-order chi connectivity index (χ0) is 14.5. The van der Waals surface area contributed by atoms with Gasteiger partial charge in [-0.05, 0) is 25.3 Å². The molecule has 108 valence electrons. The van der Waals surface area contributed by atoms with E-state index >= 15 is 0 Å². The summed E-state index contributed by atoms with van der Waals surface area (Å²) >= 11 is 0. The molecule has 0 unspecified atom stereocenters. The van der Waals surface area contributed by atoms with Gasteiger partial charge in [-0.3, -0.25) is 4.79 Å². The number of rotatable bonds is 4. The van der Waals surface area contributed by atoms with Crippen molar-refractivity contribution in [2.24, 2.45) is 11.8 Å². The average molecular weight is 274 g/mol. The third-order valence-electron chi connectivity index (χ3n) is 3.99.